The number of hydrogen-bond donors (Lipinski definition) is 14. The topological polar surface area (TPSA) is 358 Å². The van der Waals surface area contributed by atoms with E-state index in [9.17, 15) is 45.6 Å². The number of carbonyl (C=O) groups is 1. The van der Waals surface area contributed by atoms with Crippen LogP contribution >= 0.6 is 0 Å². The second-order valence-corrected chi connectivity index (χ2v) is 13.4. The lowest BCUT2D eigenvalue weighted by atomic mass is 9.69. The average molecular weight is 683 g/mol. The lowest BCUT2D eigenvalue weighted by Crippen LogP contribution is -2.68. The van der Waals surface area contributed by atoms with Gasteiger partial charge in [0, 0.05) is 31.6 Å². The van der Waals surface area contributed by atoms with Gasteiger partial charge < -0.3 is 93.8 Å². The zero-order chi connectivity index (χ0) is 34.8. The van der Waals surface area contributed by atoms with E-state index < -0.39 is 116 Å². The van der Waals surface area contributed by atoms with Crippen LogP contribution in [0.4, 0.5) is 0 Å². The third-order valence-electron chi connectivity index (χ3n) is 9.84. The number of Topliss-reactive ketones (excluding diaryl/α,β-unsaturated/α-hetero) is 1. The first-order valence-electron chi connectivity index (χ1n) is 16.1. The normalized spacial score (nSPS) is 48.1. The summed E-state index contributed by atoms with van der Waals surface area (Å²) in [5.74, 6) is -1.39. The summed E-state index contributed by atoms with van der Waals surface area (Å²) in [6.45, 7) is -0.716. The van der Waals surface area contributed by atoms with E-state index in [0.29, 0.717) is 0 Å². The van der Waals surface area contributed by atoms with Gasteiger partial charge in [-0.15, -0.1) is 0 Å². The van der Waals surface area contributed by atoms with E-state index in [1.165, 1.54) is 0 Å². The Hall–Kier alpha value is -1.05. The Morgan fingerprint density at radius 3 is 2.13 bits per heavy atom. The highest BCUT2D eigenvalue weighted by atomic mass is 16.7. The Bertz CT molecular complexity index is 1010. The van der Waals surface area contributed by atoms with Gasteiger partial charge in [0.25, 0.3) is 0 Å². The molecule has 0 bridgehead atoms. The predicted molar refractivity (Wildman–Crippen MR) is 161 cm³/mol. The van der Waals surface area contributed by atoms with Crippen molar-refractivity contribution in [3.8, 4) is 0 Å². The van der Waals surface area contributed by atoms with Crippen LogP contribution in [0.15, 0.2) is 0 Å². The Labute approximate surface area is 272 Å². The van der Waals surface area contributed by atoms with Crippen molar-refractivity contribution in [2.24, 2.45) is 34.6 Å². The van der Waals surface area contributed by atoms with Gasteiger partial charge in [-0.2, -0.15) is 0 Å². The van der Waals surface area contributed by atoms with Gasteiger partial charge >= 0.3 is 0 Å². The maximum absolute atomic E-state index is 13.2. The van der Waals surface area contributed by atoms with Crippen LogP contribution in [0, 0.1) is 5.92 Å². The minimum Gasteiger partial charge on any atom is -0.394 e. The second-order valence-electron chi connectivity index (χ2n) is 13.4. The van der Waals surface area contributed by atoms with E-state index in [0.717, 1.165) is 0 Å². The maximum Gasteiger partial charge on any atom is 0.186 e. The van der Waals surface area contributed by atoms with Gasteiger partial charge in [-0.05, 0) is 38.1 Å². The quantitative estimate of drug-likeness (QED) is 0.0808. The molecular formula is C28H54N6O13. The highest BCUT2D eigenvalue weighted by Crippen LogP contribution is 2.39. The van der Waals surface area contributed by atoms with E-state index >= 15 is 0 Å². The molecule has 4 rings (SSSR count). The van der Waals surface area contributed by atoms with Crippen molar-refractivity contribution in [1.82, 2.24) is 5.32 Å². The first-order valence-corrected chi connectivity index (χ1v) is 16.1. The average Bonchev–Trinajstić information content (AvgIpc) is 3.01. The second kappa shape index (κ2) is 16.3. The van der Waals surface area contributed by atoms with Crippen molar-refractivity contribution in [1.29, 1.82) is 0 Å². The van der Waals surface area contributed by atoms with Crippen LogP contribution in [-0.2, 0) is 23.7 Å². The number of nitrogens with one attached hydrogen (secondary N) is 1. The minimum absolute atomic E-state index is 0.00723. The molecule has 2 aliphatic heterocycles. The molecule has 2 saturated carbocycles. The number of nitrogens with two attached hydrogens (primary N) is 5. The van der Waals surface area contributed by atoms with E-state index in [2.05, 4.69) is 5.32 Å². The zero-order valence-corrected chi connectivity index (χ0v) is 26.2. The van der Waals surface area contributed by atoms with Crippen LogP contribution in [0.2, 0.25) is 0 Å². The molecule has 0 aromatic heterocycles. The van der Waals surface area contributed by atoms with Crippen LogP contribution in [-0.4, -0.2) is 176 Å². The smallest absolute Gasteiger partial charge is 0.186 e. The summed E-state index contributed by atoms with van der Waals surface area (Å²) in [7, 11) is 0. The Morgan fingerprint density at radius 1 is 0.894 bits per heavy atom. The number of aliphatic hydroxyl groups is 8. The fraction of sp³-hybridized carbons (Fsp3) is 0.964. The number of ether oxygens (including phenoxy) is 4. The van der Waals surface area contributed by atoms with Crippen molar-refractivity contribution < 1.29 is 64.6 Å². The number of hydrogen-bond acceptors (Lipinski definition) is 19. The number of carbonyl (C=O) groups excluding carboxylic acids is 1. The third kappa shape index (κ3) is 8.47. The van der Waals surface area contributed by atoms with Gasteiger partial charge in [0.05, 0.1) is 30.9 Å². The predicted octanol–water partition coefficient (Wildman–Crippen LogP) is -7.88. The highest BCUT2D eigenvalue weighted by Gasteiger charge is 2.54. The first kappa shape index (κ1) is 38.7. The first-order chi connectivity index (χ1) is 22.1. The van der Waals surface area contributed by atoms with Gasteiger partial charge in [-0.25, -0.2) is 0 Å². The molecule has 47 heavy (non-hydrogen) atoms. The summed E-state index contributed by atoms with van der Waals surface area (Å²) in [4.78, 5) is 13.2. The van der Waals surface area contributed by atoms with E-state index in [-0.39, 0.29) is 57.8 Å². The largest absolute Gasteiger partial charge is 0.394 e. The molecule has 2 saturated heterocycles. The Kier molecular flexibility index (Phi) is 13.5. The lowest BCUT2D eigenvalue weighted by Gasteiger charge is -2.50. The van der Waals surface area contributed by atoms with Crippen LogP contribution in [0.1, 0.15) is 32.1 Å². The van der Waals surface area contributed by atoms with Crippen molar-refractivity contribution >= 4 is 5.78 Å². The van der Waals surface area contributed by atoms with E-state index in [1.807, 2.05) is 0 Å². The Morgan fingerprint density at radius 2 is 1.53 bits per heavy atom. The summed E-state index contributed by atoms with van der Waals surface area (Å²) in [5, 5.41) is 88.0. The van der Waals surface area contributed by atoms with Gasteiger partial charge in [0.15, 0.2) is 18.4 Å². The zero-order valence-electron chi connectivity index (χ0n) is 26.2. The Balaban J connectivity index is 1.58. The van der Waals surface area contributed by atoms with E-state index in [4.69, 9.17) is 47.6 Å². The summed E-state index contributed by atoms with van der Waals surface area (Å²) < 4.78 is 23.7. The molecule has 4 aliphatic rings. The SMILES string of the molecule is NCCC(O)CN[C@H]1[C@@H](OC2[C@@H](N)C[C@@H](CC(=O)C3(O)CC(N)C3)[C@H](O[C@H]3O[C@H](CO)[C@@H](O)[C@H](N)[C@H]3O)[C@H]2O)O[C@H](CN)[C@@H](O)[C@@H]1O. The van der Waals surface area contributed by atoms with Gasteiger partial charge in [0.2, 0.25) is 0 Å². The van der Waals surface area contributed by atoms with Crippen LogP contribution in [0.25, 0.3) is 0 Å². The van der Waals surface area contributed by atoms with Crippen molar-refractivity contribution in [3.63, 3.8) is 0 Å². The standard InChI is InChI=1S/C28H54N6O13/c29-2-1-12(36)8-34-18-22(41)20(39)14(7-30)44-26(18)47-25-13(32)3-10(4-16(37)28(43)5-11(31)6-28)24(23(25)42)46-27-21(40)17(33)19(38)15(9-35)45-27/h10-15,17-27,34-36,38-43H,1-9,29-33H2/t10-,11?,12?,13-,14+,15+,17-,18+,19+,20+,21+,22+,23+,24-,25?,26+,27+,28?/m0/s1. The summed E-state index contributed by atoms with van der Waals surface area (Å²) in [6.07, 6.45) is -16.3. The molecule has 0 aromatic carbocycles. The molecule has 0 radical (unpaired) electrons. The molecular weight excluding hydrogens is 628 g/mol. The highest BCUT2D eigenvalue weighted by molar-refractivity contribution is 5.88. The number of rotatable bonds is 14. The fourth-order valence-electron chi connectivity index (χ4n) is 6.94. The van der Waals surface area contributed by atoms with Gasteiger partial charge in [-0.3, -0.25) is 4.79 Å². The molecule has 4 fully saturated rings. The molecule has 19 N–H and O–H groups in total. The summed E-state index contributed by atoms with van der Waals surface area (Å²) in [6, 6.07) is -3.75. The fourth-order valence-corrected chi connectivity index (χ4v) is 6.94. The molecule has 2 heterocycles. The molecule has 0 spiro atoms. The van der Waals surface area contributed by atoms with Crippen LogP contribution in [0.5, 0.6) is 0 Å². The lowest BCUT2D eigenvalue weighted by molar-refractivity contribution is -0.324. The van der Waals surface area contributed by atoms with Crippen molar-refractivity contribution in [3.05, 3.63) is 0 Å². The molecule has 19 heteroatoms. The molecule has 0 amide bonds. The van der Waals surface area contributed by atoms with Gasteiger partial charge in [0.1, 0.15) is 54.4 Å². The minimum atomic E-state index is -1.65. The number of ketones is 1. The maximum atomic E-state index is 13.2. The monoisotopic (exact) mass is 682 g/mol. The number of aliphatic hydroxyl groups excluding tert-OH is 7. The summed E-state index contributed by atoms with van der Waals surface area (Å²) >= 11 is 0. The van der Waals surface area contributed by atoms with Crippen LogP contribution < -0.4 is 34.0 Å². The molecule has 19 nitrogen and oxygen atoms in total. The van der Waals surface area contributed by atoms with Gasteiger partial charge in [-0.1, -0.05) is 0 Å². The third-order valence-corrected chi connectivity index (χ3v) is 9.84. The van der Waals surface area contributed by atoms with E-state index in [1.54, 1.807) is 0 Å². The summed E-state index contributed by atoms with van der Waals surface area (Å²) in [5.41, 5.74) is 27.9. The van der Waals surface area contributed by atoms with Crippen LogP contribution in [0.3, 0.4) is 0 Å². The molecule has 2 unspecified atom stereocenters. The molecule has 2 aliphatic carbocycles. The van der Waals surface area contributed by atoms with Crippen molar-refractivity contribution in [2.45, 2.75) is 135 Å². The molecule has 0 aromatic rings. The molecule has 274 valence electrons. The molecule has 16 atom stereocenters. The van der Waals surface area contributed by atoms with Crippen molar-refractivity contribution in [2.75, 3.05) is 26.2 Å².